The minimum Gasteiger partial charge on any atom is -0.508 e. The van der Waals surface area contributed by atoms with Crippen molar-refractivity contribution in [3.8, 4) is 11.5 Å². The van der Waals surface area contributed by atoms with Crippen molar-refractivity contribution in [2.45, 2.75) is 171 Å². The Hall–Kier alpha value is -10.7. The average molecular weight is 1510 g/mol. The molecule has 0 radical (unpaired) electrons. The average Bonchev–Trinajstić information content (AvgIpc) is 1.66. The van der Waals surface area contributed by atoms with Gasteiger partial charge in [-0.3, -0.25) is 72.5 Å². The van der Waals surface area contributed by atoms with Crippen molar-refractivity contribution >= 4 is 121 Å². The number of guanidine groups is 1. The molecule has 6 rings (SSSR count). The van der Waals surface area contributed by atoms with E-state index in [9.17, 15) is 82.8 Å². The second kappa shape index (κ2) is 42.3. The lowest BCUT2D eigenvalue weighted by Crippen LogP contribution is -2.61. The fraction of sp³-hybridized carbons (Fsp3) is 0.493. The predicted octanol–water partition coefficient (Wildman–Crippen LogP) is -1.87. The number of phenolic OH excluding ortho intramolecular Hbond substituents is 2. The second-order valence-corrected chi connectivity index (χ2v) is 28.6. The molecule has 2 aliphatic rings. The Morgan fingerprint density at radius 3 is 1.80 bits per heavy atom. The number of amides is 12. The van der Waals surface area contributed by atoms with Gasteiger partial charge in [0.25, 0.3) is 0 Å². The summed E-state index contributed by atoms with van der Waals surface area (Å²) in [7, 11) is 1.68. The zero-order valence-electron chi connectivity index (χ0n) is 58.7. The van der Waals surface area contributed by atoms with Gasteiger partial charge in [0.15, 0.2) is 5.96 Å². The highest BCUT2D eigenvalue weighted by Crippen LogP contribution is 2.26. The Morgan fingerprint density at radius 1 is 0.642 bits per heavy atom. The monoisotopic (exact) mass is 1510 g/mol. The van der Waals surface area contributed by atoms with E-state index in [0.29, 0.717) is 40.4 Å². The molecule has 1 aromatic heterocycles. The third-order valence-electron chi connectivity index (χ3n) is 17.5. The van der Waals surface area contributed by atoms with Crippen LogP contribution >= 0.6 is 21.6 Å². The second-order valence-electron chi connectivity index (χ2n) is 26.0. The summed E-state index contributed by atoms with van der Waals surface area (Å²) in [5.74, 6) is -16.3. The highest BCUT2D eigenvalue weighted by Gasteiger charge is 2.38. The fourth-order valence-corrected chi connectivity index (χ4v) is 14.1. The van der Waals surface area contributed by atoms with Crippen LogP contribution in [-0.2, 0) is 86.4 Å². The number of hydrogen-bond donors (Lipinski definition) is 20. The number of H-pyrrole nitrogens is 1. The number of rotatable bonds is 26. The van der Waals surface area contributed by atoms with Crippen LogP contribution < -0.4 is 75.7 Å². The lowest BCUT2D eigenvalue weighted by Gasteiger charge is -2.30. The van der Waals surface area contributed by atoms with E-state index in [4.69, 9.17) is 22.6 Å². The smallest absolute Gasteiger partial charge is 0.303 e. The Kier molecular flexibility index (Phi) is 33.6. The lowest BCUT2D eigenvalue weighted by atomic mass is 10.00. The molecule has 1 saturated carbocycles. The van der Waals surface area contributed by atoms with Gasteiger partial charge in [-0.05, 0) is 91.5 Å². The highest BCUT2D eigenvalue weighted by atomic mass is 33.1. The fourth-order valence-electron chi connectivity index (χ4n) is 11.8. The first-order valence-electron chi connectivity index (χ1n) is 34.6. The summed E-state index contributed by atoms with van der Waals surface area (Å²) in [6.45, 7) is 2.22. The molecule has 3 aromatic carbocycles. The van der Waals surface area contributed by atoms with E-state index in [1.54, 1.807) is 44.3 Å². The van der Waals surface area contributed by atoms with E-state index < -0.39 is 200 Å². The maximum atomic E-state index is 15.1. The summed E-state index contributed by atoms with van der Waals surface area (Å²) in [5.41, 5.74) is 19.0. The summed E-state index contributed by atoms with van der Waals surface area (Å²) in [5, 5.41) is 76.6. The Bertz CT molecular complexity index is 3770. The van der Waals surface area contributed by atoms with Crippen LogP contribution in [0.4, 0.5) is 0 Å². The molecule has 576 valence electrons. The number of para-hydroxylation sites is 1. The molecule has 0 unspecified atom stereocenters. The first-order valence-corrected chi connectivity index (χ1v) is 37.1. The van der Waals surface area contributed by atoms with Crippen molar-refractivity contribution < 1.29 is 87.5 Å². The van der Waals surface area contributed by atoms with Gasteiger partial charge in [0.05, 0.1) is 6.54 Å². The molecule has 0 bridgehead atoms. The van der Waals surface area contributed by atoms with Gasteiger partial charge in [0, 0.05) is 99.2 Å². The minimum atomic E-state index is -1.77. The standard InChI is InChI=1S/C69H95N17O18S2/c1-37(2)59-68(104)82-50(31-39-15-19-43(88)20-16-39)65(101)79-46(12-7-28-75-69(72)73)61(97)74-29-26-54(89)77-47(21-23-57(92)93)62(98)81-51(32-40-33-76-45-11-6-5-10-44(40)45)66(102)80-48(22-24-58(94)95)63(99)83-52(60(71)96)35-105-106-36-53(67(103)85-59)84-64(100)49(30-38-13-17-42(87)18-14-38)78-55(90)34-86(56(91)25-27-70)41-8-3-4-9-41/h5-6,10-11,13-20,33,37,41,46-53,59,76,87-88H,3-4,7-9,12,21-32,34-36,70H2,1-2H3,(H2,71,96)(H,74,97)(H,77,89)(H,78,90)(H,79,101)(H,80,102)(H,81,98)(H,82,104)(H,83,99)(H,84,100)(H,85,103)(H,92,93)(H,94,95)(H4,72,73,75)/t46-,47-,48-,49-,50-,51-,52+,53-,59-/m0/s1. The Balaban J connectivity index is 1.41. The van der Waals surface area contributed by atoms with Crippen molar-refractivity contribution in [2.75, 3.05) is 37.7 Å². The Morgan fingerprint density at radius 2 is 1.20 bits per heavy atom. The number of aliphatic carboxylic acids is 2. The number of primary amides is 1. The molecule has 23 N–H and O–H groups in total. The van der Waals surface area contributed by atoms with Crippen LogP contribution in [-0.4, -0.2) is 217 Å². The summed E-state index contributed by atoms with van der Waals surface area (Å²) in [6, 6.07) is 3.39. The van der Waals surface area contributed by atoms with Gasteiger partial charge in [-0.25, -0.2) is 0 Å². The molecule has 4 aromatic rings. The number of fused-ring (bicyclic) bond motifs is 1. The number of phenols is 2. The number of carboxylic acid groups (broad SMARTS) is 2. The van der Waals surface area contributed by atoms with Crippen LogP contribution in [0.2, 0.25) is 0 Å². The minimum absolute atomic E-state index is 0.00390. The van der Waals surface area contributed by atoms with Crippen molar-refractivity contribution in [1.82, 2.24) is 68.4 Å². The molecule has 35 nitrogen and oxygen atoms in total. The molecule has 0 spiro atoms. The number of carbonyl (C=O) groups is 14. The van der Waals surface area contributed by atoms with Gasteiger partial charge >= 0.3 is 11.9 Å². The molecule has 37 heteroatoms. The normalized spacial score (nSPS) is 21.4. The number of carboxylic acids is 2. The quantitative estimate of drug-likeness (QED) is 0.0142. The van der Waals surface area contributed by atoms with Crippen LogP contribution in [0.15, 0.2) is 79.0 Å². The summed E-state index contributed by atoms with van der Waals surface area (Å²) in [6.07, 6.45) is 0.278. The van der Waals surface area contributed by atoms with E-state index >= 15 is 4.79 Å². The maximum absolute atomic E-state index is 15.1. The van der Waals surface area contributed by atoms with Gasteiger partial charge in [-0.15, -0.1) is 0 Å². The molecule has 1 aliphatic heterocycles. The van der Waals surface area contributed by atoms with E-state index in [0.717, 1.165) is 34.4 Å². The number of nitrogens with zero attached hydrogens (tertiary/aromatic N) is 1. The molecule has 9 atom stereocenters. The van der Waals surface area contributed by atoms with E-state index in [1.807, 2.05) is 0 Å². The number of aromatic nitrogens is 1. The molecule has 12 amide bonds. The van der Waals surface area contributed by atoms with Crippen LogP contribution in [0.25, 0.3) is 10.9 Å². The third kappa shape index (κ3) is 27.7. The number of carbonyl (C=O) groups excluding carboxylic acids is 12. The van der Waals surface area contributed by atoms with Crippen LogP contribution in [0.1, 0.15) is 108 Å². The predicted molar refractivity (Wildman–Crippen MR) is 390 cm³/mol. The lowest BCUT2D eigenvalue weighted by molar-refractivity contribution is -0.139. The van der Waals surface area contributed by atoms with Gasteiger partial charge in [0.2, 0.25) is 70.9 Å². The van der Waals surface area contributed by atoms with E-state index in [2.05, 4.69) is 63.5 Å². The first-order chi connectivity index (χ1) is 50.5. The molecule has 106 heavy (non-hydrogen) atoms. The molecular weight excluding hydrogens is 1420 g/mol. The molecule has 1 saturated heterocycles. The molecule has 2 fully saturated rings. The van der Waals surface area contributed by atoms with Crippen molar-refractivity contribution in [2.24, 2.45) is 23.1 Å². The van der Waals surface area contributed by atoms with Crippen molar-refractivity contribution in [1.29, 1.82) is 5.41 Å². The van der Waals surface area contributed by atoms with Gasteiger partial charge < -0.3 is 106 Å². The Labute approximate surface area is 618 Å². The van der Waals surface area contributed by atoms with Crippen molar-refractivity contribution in [3.05, 3.63) is 95.7 Å². The van der Waals surface area contributed by atoms with E-state index in [1.165, 1.54) is 53.4 Å². The largest absolute Gasteiger partial charge is 0.508 e. The number of aromatic hydroxyl groups is 2. The third-order valence-corrected chi connectivity index (χ3v) is 19.9. The molecular formula is C69H95N17O18S2. The molecule has 2 heterocycles. The maximum Gasteiger partial charge on any atom is 0.303 e. The number of benzene rings is 3. The number of aromatic amines is 1. The SMILES string of the molecule is CC(C)[C@@H]1NC(=O)[C@@H](NC(=O)[C@H](Cc2ccc(O)cc2)NC(=O)CN(C(=O)CCN)C2CCCC2)CSSC[C@H](C(N)=O)NC(=O)[C@H](CCC(=O)O)NC(=O)[C@H](Cc2c[nH]c3ccccc23)NC(=O)[C@H](CCC(=O)O)NC(=O)CCNC(=O)[C@H](CCCNC(=N)N)NC(=O)[C@H](Cc2ccc(O)cc2)NC1=O. The number of hydrogen-bond acceptors (Lipinski definition) is 20. The first kappa shape index (κ1) is 84.2. The zero-order valence-corrected chi connectivity index (χ0v) is 60.3. The topological polar surface area (TPSA) is 573 Å². The van der Waals surface area contributed by atoms with Gasteiger partial charge in [-0.1, -0.05) is 90.7 Å². The van der Waals surface area contributed by atoms with Crippen LogP contribution in [0, 0.1) is 11.3 Å². The summed E-state index contributed by atoms with van der Waals surface area (Å²) in [4.78, 5) is 201. The van der Waals surface area contributed by atoms with Gasteiger partial charge in [0.1, 0.15) is 65.9 Å². The highest BCUT2D eigenvalue weighted by molar-refractivity contribution is 8.76. The number of nitrogens with two attached hydrogens (primary N) is 3. The summed E-state index contributed by atoms with van der Waals surface area (Å²) >= 11 is 0. The number of nitrogens with one attached hydrogen (secondary N) is 13. The molecule has 1 aliphatic carbocycles. The van der Waals surface area contributed by atoms with Crippen molar-refractivity contribution in [3.63, 3.8) is 0 Å². The van der Waals surface area contributed by atoms with Gasteiger partial charge in [-0.2, -0.15) is 0 Å². The summed E-state index contributed by atoms with van der Waals surface area (Å²) < 4.78 is 0. The van der Waals surface area contributed by atoms with E-state index in [-0.39, 0.29) is 75.1 Å². The van der Waals surface area contributed by atoms with Crippen LogP contribution in [0.3, 0.4) is 0 Å². The zero-order chi connectivity index (χ0) is 77.6. The van der Waals surface area contributed by atoms with Crippen LogP contribution in [0.5, 0.6) is 11.5 Å².